The van der Waals surface area contributed by atoms with Crippen molar-refractivity contribution in [2.75, 3.05) is 70.0 Å². The molecule has 3 aromatic rings. The van der Waals surface area contributed by atoms with Crippen molar-refractivity contribution >= 4 is 46.9 Å². The summed E-state index contributed by atoms with van der Waals surface area (Å²) in [7, 11) is 0. The Balaban J connectivity index is 0.732. The van der Waals surface area contributed by atoms with E-state index in [-0.39, 0.29) is 55.4 Å². The number of aromatic amines is 1. The van der Waals surface area contributed by atoms with Crippen LogP contribution in [0.2, 0.25) is 0 Å². The highest BCUT2D eigenvalue weighted by molar-refractivity contribution is 6.25. The van der Waals surface area contributed by atoms with Crippen LogP contribution in [0.25, 0.3) is 0 Å². The Hall–Kier alpha value is -5.65. The number of rotatable bonds is 23. The van der Waals surface area contributed by atoms with Crippen LogP contribution in [0.5, 0.6) is 5.75 Å². The summed E-state index contributed by atoms with van der Waals surface area (Å²) in [4.78, 5) is 75.5. The lowest BCUT2D eigenvalue weighted by atomic mass is 9.83. The minimum atomic E-state index is -1.02. The van der Waals surface area contributed by atoms with Gasteiger partial charge in [0, 0.05) is 42.9 Å². The van der Waals surface area contributed by atoms with Crippen LogP contribution in [-0.4, -0.2) is 116 Å². The maximum Gasteiger partial charge on any atom is 0.264 e. The van der Waals surface area contributed by atoms with Crippen LogP contribution in [0, 0.1) is 0 Å². The van der Waals surface area contributed by atoms with Crippen molar-refractivity contribution in [1.82, 2.24) is 25.7 Å². The number of piperidine rings is 1. The lowest BCUT2D eigenvalue weighted by Gasteiger charge is -2.27. The zero-order chi connectivity index (χ0) is 40.0. The van der Waals surface area contributed by atoms with Gasteiger partial charge in [-0.05, 0) is 61.9 Å². The first kappa shape index (κ1) is 41.0. The van der Waals surface area contributed by atoms with Crippen molar-refractivity contribution in [2.24, 2.45) is 0 Å². The molecule has 5 N–H and O–H groups in total. The lowest BCUT2D eigenvalue weighted by molar-refractivity contribution is -0.136. The molecular weight excluding hydrogens is 738 g/mol. The number of carbonyl (C=O) groups excluding carboxylic acids is 6. The van der Waals surface area contributed by atoms with Gasteiger partial charge in [0.15, 0.2) is 5.82 Å². The molecule has 2 fully saturated rings. The number of anilines is 2. The molecule has 6 amide bonds. The van der Waals surface area contributed by atoms with Crippen molar-refractivity contribution in [3.05, 3.63) is 70.9 Å². The van der Waals surface area contributed by atoms with Crippen molar-refractivity contribution in [2.45, 2.75) is 63.3 Å². The van der Waals surface area contributed by atoms with Gasteiger partial charge in [-0.1, -0.05) is 24.6 Å². The predicted octanol–water partition coefficient (Wildman–Crippen LogP) is 2.70. The number of nitrogens with zero attached hydrogens (tertiary/aromatic N) is 2. The molecule has 3 heterocycles. The molecule has 1 atom stereocenters. The molecule has 17 nitrogen and oxygen atoms in total. The number of carbonyl (C=O) groups is 6. The molecule has 57 heavy (non-hydrogen) atoms. The molecule has 2 aliphatic heterocycles. The van der Waals surface area contributed by atoms with E-state index in [0.717, 1.165) is 29.0 Å². The summed E-state index contributed by atoms with van der Waals surface area (Å²) in [6.45, 7) is 2.90. The van der Waals surface area contributed by atoms with Gasteiger partial charge in [0.05, 0.1) is 50.6 Å². The zero-order valence-electron chi connectivity index (χ0n) is 31.8. The van der Waals surface area contributed by atoms with E-state index in [0.29, 0.717) is 82.1 Å². The molecule has 0 spiro atoms. The van der Waals surface area contributed by atoms with Crippen molar-refractivity contribution in [1.29, 1.82) is 0 Å². The summed E-state index contributed by atoms with van der Waals surface area (Å²) < 4.78 is 22.1. The SMILES string of the molecule is O=C(COCCOCCOCCOc1ccc(CC(=O)Nc2cc(C3CCC3)[nH]n2)cc1)NCCCCNc1cccc2c1C(=O)N(C1CCC(=O)NC1=O)C2=O. The minimum absolute atomic E-state index is 0.0557. The smallest absolute Gasteiger partial charge is 0.264 e. The van der Waals surface area contributed by atoms with Crippen molar-refractivity contribution in [3.8, 4) is 5.75 Å². The van der Waals surface area contributed by atoms with Crippen molar-refractivity contribution in [3.63, 3.8) is 0 Å². The summed E-state index contributed by atoms with van der Waals surface area (Å²) in [6, 6.07) is 13.2. The molecule has 2 aromatic carbocycles. The molecule has 1 unspecified atom stereocenters. The fourth-order valence-corrected chi connectivity index (χ4v) is 6.64. The lowest BCUT2D eigenvalue weighted by Crippen LogP contribution is -2.54. The number of hydrogen-bond donors (Lipinski definition) is 5. The van der Waals surface area contributed by atoms with Gasteiger partial charge in [-0.15, -0.1) is 0 Å². The summed E-state index contributed by atoms with van der Waals surface area (Å²) in [5.74, 6) is -0.806. The molecule has 0 radical (unpaired) electrons. The molecule has 304 valence electrons. The maximum absolute atomic E-state index is 13.2. The second kappa shape index (κ2) is 20.5. The number of aromatic nitrogens is 2. The van der Waals surface area contributed by atoms with Crippen LogP contribution in [0.4, 0.5) is 11.5 Å². The first-order valence-corrected chi connectivity index (χ1v) is 19.4. The van der Waals surface area contributed by atoms with E-state index in [9.17, 15) is 28.8 Å². The second-order valence-electron chi connectivity index (χ2n) is 14.0. The summed E-state index contributed by atoms with van der Waals surface area (Å²) in [5, 5.41) is 18.2. The highest BCUT2D eigenvalue weighted by atomic mass is 16.6. The molecule has 1 saturated heterocycles. The average molecular weight is 788 g/mol. The van der Waals surface area contributed by atoms with Crippen LogP contribution in [0.1, 0.15) is 82.8 Å². The Morgan fingerprint density at radius 3 is 2.30 bits per heavy atom. The van der Waals surface area contributed by atoms with Gasteiger partial charge in [-0.2, -0.15) is 5.10 Å². The van der Waals surface area contributed by atoms with E-state index in [1.807, 2.05) is 30.3 Å². The summed E-state index contributed by atoms with van der Waals surface area (Å²) in [5.41, 5.74) is 2.86. The molecule has 0 bridgehead atoms. The molecule has 17 heteroatoms. The number of hydrogen-bond acceptors (Lipinski definition) is 12. The molecule has 6 rings (SSSR count). The number of unbranched alkanes of at least 4 members (excludes halogenated alkanes) is 1. The Morgan fingerprint density at radius 2 is 1.56 bits per heavy atom. The number of benzene rings is 2. The topological polar surface area (TPSA) is 219 Å². The third kappa shape index (κ3) is 11.5. The maximum atomic E-state index is 13.2. The van der Waals surface area contributed by atoms with Gasteiger partial charge in [0.2, 0.25) is 23.6 Å². The summed E-state index contributed by atoms with van der Waals surface area (Å²) >= 11 is 0. The van der Waals surface area contributed by atoms with E-state index >= 15 is 0 Å². The third-order valence-corrected chi connectivity index (χ3v) is 9.88. The molecular formula is C40H49N7O10. The first-order valence-electron chi connectivity index (χ1n) is 19.4. The van der Waals surface area contributed by atoms with Crippen LogP contribution >= 0.6 is 0 Å². The largest absolute Gasteiger partial charge is 0.491 e. The minimum Gasteiger partial charge on any atom is -0.491 e. The Kier molecular flexibility index (Phi) is 14.7. The van der Waals surface area contributed by atoms with Gasteiger partial charge >= 0.3 is 0 Å². The van der Waals surface area contributed by atoms with Gasteiger partial charge in [-0.25, -0.2) is 0 Å². The van der Waals surface area contributed by atoms with Crippen LogP contribution in [-0.2, 0) is 39.8 Å². The van der Waals surface area contributed by atoms with E-state index in [1.165, 1.54) is 6.42 Å². The van der Waals surface area contributed by atoms with Crippen molar-refractivity contribution < 1.29 is 47.7 Å². The van der Waals surface area contributed by atoms with E-state index < -0.39 is 29.7 Å². The second-order valence-corrected chi connectivity index (χ2v) is 14.0. The average Bonchev–Trinajstić information content (AvgIpc) is 3.72. The standard InChI is InChI=1S/C40H49N7O10/c48-34-14-13-32(38(51)44-34)47-39(52)29-7-4-8-30(37(29)40(47)53)41-15-1-2-16-42-36(50)25-56-20-19-54-17-18-55-21-22-57-28-11-9-26(10-12-28)23-35(49)43-33-24-31(45-46-33)27-5-3-6-27/h4,7-12,24,27,32,41H,1-3,5-6,13-23,25H2,(H,42,50)(H,44,48,51)(H2,43,45,46,49). The number of amides is 6. The fourth-order valence-electron chi connectivity index (χ4n) is 6.64. The van der Waals surface area contributed by atoms with E-state index in [4.69, 9.17) is 18.9 Å². The van der Waals surface area contributed by atoms with Gasteiger partial charge in [-0.3, -0.25) is 44.1 Å². The summed E-state index contributed by atoms with van der Waals surface area (Å²) in [6.07, 6.45) is 5.29. The van der Waals surface area contributed by atoms with Gasteiger partial charge in [0.25, 0.3) is 11.8 Å². The van der Waals surface area contributed by atoms with Crippen LogP contribution in [0.15, 0.2) is 48.5 Å². The fraction of sp³-hybridized carbons (Fsp3) is 0.475. The van der Waals surface area contributed by atoms with Crippen LogP contribution < -0.4 is 26.0 Å². The number of H-pyrrole nitrogens is 1. The first-order chi connectivity index (χ1) is 27.8. The zero-order valence-corrected chi connectivity index (χ0v) is 31.8. The molecule has 1 aromatic heterocycles. The van der Waals surface area contributed by atoms with E-state index in [1.54, 1.807) is 18.2 Å². The quantitative estimate of drug-likeness (QED) is 0.0692. The molecule has 1 saturated carbocycles. The highest BCUT2D eigenvalue weighted by Crippen LogP contribution is 2.36. The van der Waals surface area contributed by atoms with Gasteiger partial charge < -0.3 is 34.9 Å². The highest BCUT2D eigenvalue weighted by Gasteiger charge is 2.45. The number of nitrogens with one attached hydrogen (secondary N) is 5. The number of ether oxygens (including phenoxy) is 4. The Morgan fingerprint density at radius 1 is 0.825 bits per heavy atom. The normalized spacial score (nSPS) is 16.6. The van der Waals surface area contributed by atoms with Gasteiger partial charge in [0.1, 0.15) is 25.0 Å². The third-order valence-electron chi connectivity index (χ3n) is 9.88. The predicted molar refractivity (Wildman–Crippen MR) is 206 cm³/mol. The number of imide groups is 2. The molecule has 3 aliphatic rings. The van der Waals surface area contributed by atoms with E-state index in [2.05, 4.69) is 31.5 Å². The van der Waals surface area contributed by atoms with Crippen LogP contribution in [0.3, 0.4) is 0 Å². The Bertz CT molecular complexity index is 1890. The monoisotopic (exact) mass is 787 g/mol. The molecule has 1 aliphatic carbocycles. The Labute approximate surface area is 329 Å². The number of fused-ring (bicyclic) bond motifs is 1.